The Morgan fingerprint density at radius 3 is 2.89 bits per heavy atom. The Morgan fingerprint density at radius 1 is 1.47 bits per heavy atom. The molecular weight excluding hydrogens is 244 g/mol. The maximum Gasteiger partial charge on any atom is 0.227 e. The third-order valence-corrected chi connectivity index (χ3v) is 2.86. The summed E-state index contributed by atoms with van der Waals surface area (Å²) in [5.74, 6) is 0.661. The molecule has 2 rings (SSSR count). The van der Waals surface area contributed by atoms with Crippen LogP contribution in [0.3, 0.4) is 0 Å². The van der Waals surface area contributed by atoms with Gasteiger partial charge in [-0.1, -0.05) is 0 Å². The number of rotatable bonds is 6. The molecule has 0 atom stereocenters. The monoisotopic (exact) mass is 260 g/mol. The molecule has 1 saturated carbocycles. The van der Waals surface area contributed by atoms with Crippen LogP contribution < -0.4 is 10.1 Å². The summed E-state index contributed by atoms with van der Waals surface area (Å²) in [5, 5.41) is 11.7. The third kappa shape index (κ3) is 3.70. The highest BCUT2D eigenvalue weighted by atomic mass is 16.5. The van der Waals surface area contributed by atoms with Crippen LogP contribution in [0.4, 0.5) is 5.69 Å². The van der Waals surface area contributed by atoms with Crippen molar-refractivity contribution in [1.29, 1.82) is 5.26 Å². The second-order valence-corrected chi connectivity index (χ2v) is 4.43. The summed E-state index contributed by atoms with van der Waals surface area (Å²) >= 11 is 0. The molecule has 1 aliphatic carbocycles. The lowest BCUT2D eigenvalue weighted by molar-refractivity contribution is -0.117. The van der Waals surface area contributed by atoms with Gasteiger partial charge >= 0.3 is 0 Å². The molecular formula is C14H16N2O3. The van der Waals surface area contributed by atoms with E-state index < -0.39 is 0 Å². The van der Waals surface area contributed by atoms with Crippen LogP contribution in [-0.4, -0.2) is 26.2 Å². The number of nitrogens with one attached hydrogen (secondary N) is 1. The number of hydrogen-bond donors (Lipinski definition) is 1. The van der Waals surface area contributed by atoms with Gasteiger partial charge in [-0.2, -0.15) is 5.26 Å². The molecule has 1 N–H and O–H groups in total. The maximum absolute atomic E-state index is 11.8. The lowest BCUT2D eigenvalue weighted by atomic mass is 10.2. The highest BCUT2D eigenvalue weighted by Gasteiger charge is 2.30. The van der Waals surface area contributed by atoms with Gasteiger partial charge in [0.15, 0.2) is 0 Å². The van der Waals surface area contributed by atoms with Crippen LogP contribution in [0.1, 0.15) is 18.4 Å². The molecule has 5 nitrogen and oxygen atoms in total. The van der Waals surface area contributed by atoms with Crippen LogP contribution in [0.15, 0.2) is 18.2 Å². The predicted octanol–water partition coefficient (Wildman–Crippen LogP) is 1.93. The van der Waals surface area contributed by atoms with E-state index in [-0.39, 0.29) is 11.8 Å². The molecule has 0 radical (unpaired) electrons. The van der Waals surface area contributed by atoms with Gasteiger partial charge in [-0.3, -0.25) is 4.79 Å². The van der Waals surface area contributed by atoms with Crippen LogP contribution in [0.2, 0.25) is 0 Å². The Morgan fingerprint density at radius 2 is 2.26 bits per heavy atom. The van der Waals surface area contributed by atoms with Crippen molar-refractivity contribution in [3.05, 3.63) is 23.8 Å². The quantitative estimate of drug-likeness (QED) is 0.793. The zero-order valence-electron chi connectivity index (χ0n) is 10.8. The number of nitrogens with zero attached hydrogens (tertiary/aromatic N) is 1. The first-order valence-electron chi connectivity index (χ1n) is 6.21. The van der Waals surface area contributed by atoms with E-state index >= 15 is 0 Å². The van der Waals surface area contributed by atoms with Crippen molar-refractivity contribution in [2.75, 3.05) is 25.6 Å². The van der Waals surface area contributed by atoms with Crippen LogP contribution in [0, 0.1) is 17.2 Å². The molecule has 5 heteroatoms. The number of benzene rings is 1. The highest BCUT2D eigenvalue weighted by molar-refractivity contribution is 5.95. The molecule has 0 bridgehead atoms. The fourth-order valence-electron chi connectivity index (χ4n) is 1.64. The molecule has 0 unspecified atom stereocenters. The molecule has 1 aromatic carbocycles. The Labute approximate surface area is 112 Å². The summed E-state index contributed by atoms with van der Waals surface area (Å²) in [6, 6.07) is 7.03. The van der Waals surface area contributed by atoms with Crippen molar-refractivity contribution in [3.8, 4) is 11.8 Å². The summed E-state index contributed by atoms with van der Waals surface area (Å²) in [4.78, 5) is 11.8. The first-order valence-corrected chi connectivity index (χ1v) is 6.21. The molecule has 0 aliphatic heterocycles. The molecule has 0 saturated heterocycles. The van der Waals surface area contributed by atoms with E-state index in [9.17, 15) is 4.79 Å². The van der Waals surface area contributed by atoms with Crippen molar-refractivity contribution >= 4 is 11.6 Å². The second-order valence-electron chi connectivity index (χ2n) is 4.43. The SMILES string of the molecule is COCCOc1ccc(C#N)cc1NC(=O)C1CC1. The van der Waals surface area contributed by atoms with Gasteiger partial charge in [0.1, 0.15) is 12.4 Å². The summed E-state index contributed by atoms with van der Waals surface area (Å²) in [7, 11) is 1.60. The predicted molar refractivity (Wildman–Crippen MR) is 69.9 cm³/mol. The number of amides is 1. The first kappa shape index (κ1) is 13.4. The van der Waals surface area contributed by atoms with E-state index in [2.05, 4.69) is 5.32 Å². The zero-order valence-corrected chi connectivity index (χ0v) is 10.8. The van der Waals surface area contributed by atoms with Gasteiger partial charge in [0, 0.05) is 13.0 Å². The summed E-state index contributed by atoms with van der Waals surface area (Å²) in [6.45, 7) is 0.866. The standard InChI is InChI=1S/C14H16N2O3/c1-18-6-7-19-13-5-2-10(9-15)8-12(13)16-14(17)11-3-4-11/h2,5,8,11H,3-4,6-7H2,1H3,(H,16,17). The van der Waals surface area contributed by atoms with Gasteiger partial charge in [-0.05, 0) is 31.0 Å². The van der Waals surface area contributed by atoms with Gasteiger partial charge in [-0.25, -0.2) is 0 Å². The molecule has 100 valence electrons. The van der Waals surface area contributed by atoms with E-state index in [1.165, 1.54) is 0 Å². The lowest BCUT2D eigenvalue weighted by Gasteiger charge is -2.12. The van der Waals surface area contributed by atoms with Crippen molar-refractivity contribution in [1.82, 2.24) is 0 Å². The van der Waals surface area contributed by atoms with Crippen LogP contribution in [0.25, 0.3) is 0 Å². The molecule has 1 aliphatic rings. The minimum absolute atomic E-state index is 0.00770. The fourth-order valence-corrected chi connectivity index (χ4v) is 1.64. The molecule has 1 aromatic rings. The number of hydrogen-bond acceptors (Lipinski definition) is 4. The van der Waals surface area contributed by atoms with Crippen LogP contribution in [0.5, 0.6) is 5.75 Å². The highest BCUT2D eigenvalue weighted by Crippen LogP contribution is 2.32. The van der Waals surface area contributed by atoms with Gasteiger partial charge in [0.2, 0.25) is 5.91 Å². The zero-order chi connectivity index (χ0) is 13.7. The van der Waals surface area contributed by atoms with Gasteiger partial charge in [0.05, 0.1) is 23.9 Å². The van der Waals surface area contributed by atoms with E-state index in [1.54, 1.807) is 25.3 Å². The molecule has 0 heterocycles. The molecule has 1 fully saturated rings. The summed E-state index contributed by atoms with van der Waals surface area (Å²) in [5.41, 5.74) is 1.04. The van der Waals surface area contributed by atoms with Gasteiger partial charge in [0.25, 0.3) is 0 Å². The molecule has 0 aromatic heterocycles. The van der Waals surface area contributed by atoms with E-state index in [0.717, 1.165) is 12.8 Å². The molecule has 0 spiro atoms. The Bertz CT molecular complexity index is 504. The minimum atomic E-state index is -0.00770. The number of anilines is 1. The average Bonchev–Trinajstić information content (AvgIpc) is 3.25. The van der Waals surface area contributed by atoms with Gasteiger partial charge < -0.3 is 14.8 Å². The Balaban J connectivity index is 2.11. The number of carbonyl (C=O) groups is 1. The lowest BCUT2D eigenvalue weighted by Crippen LogP contribution is -2.15. The smallest absolute Gasteiger partial charge is 0.227 e. The van der Waals surface area contributed by atoms with E-state index in [0.29, 0.717) is 30.2 Å². The summed E-state index contributed by atoms with van der Waals surface area (Å²) in [6.07, 6.45) is 1.87. The van der Waals surface area contributed by atoms with Crippen molar-refractivity contribution in [2.45, 2.75) is 12.8 Å². The van der Waals surface area contributed by atoms with Crippen LogP contribution in [-0.2, 0) is 9.53 Å². The minimum Gasteiger partial charge on any atom is -0.489 e. The number of ether oxygens (including phenoxy) is 2. The largest absolute Gasteiger partial charge is 0.489 e. The number of methoxy groups -OCH3 is 1. The number of nitriles is 1. The van der Waals surface area contributed by atoms with Gasteiger partial charge in [-0.15, -0.1) is 0 Å². The second kappa shape index (κ2) is 6.21. The van der Waals surface area contributed by atoms with E-state index in [1.807, 2.05) is 6.07 Å². The van der Waals surface area contributed by atoms with E-state index in [4.69, 9.17) is 14.7 Å². The van der Waals surface area contributed by atoms with Crippen molar-refractivity contribution in [3.63, 3.8) is 0 Å². The molecule has 19 heavy (non-hydrogen) atoms. The Kier molecular flexibility index (Phi) is 4.37. The first-order chi connectivity index (χ1) is 9.24. The van der Waals surface area contributed by atoms with Crippen molar-refractivity contribution in [2.24, 2.45) is 5.92 Å². The third-order valence-electron chi connectivity index (χ3n) is 2.86. The Hall–Kier alpha value is -2.06. The average molecular weight is 260 g/mol. The fraction of sp³-hybridized carbons (Fsp3) is 0.429. The summed E-state index contributed by atoms with van der Waals surface area (Å²) < 4.78 is 10.4. The maximum atomic E-state index is 11.8. The molecule has 1 amide bonds. The van der Waals surface area contributed by atoms with Crippen LogP contribution >= 0.6 is 0 Å². The topological polar surface area (TPSA) is 71.3 Å². The number of carbonyl (C=O) groups excluding carboxylic acids is 1. The normalized spacial score (nSPS) is 13.7. The van der Waals surface area contributed by atoms with Crippen molar-refractivity contribution < 1.29 is 14.3 Å².